The molecule has 0 bridgehead atoms. The molecule has 0 aliphatic carbocycles. The normalized spacial score (nSPS) is 12.4. The predicted octanol–water partition coefficient (Wildman–Crippen LogP) is 4.66. The molecule has 4 rings (SSSR count). The molecule has 1 N–H and O–H groups in total. The average molecular weight is 465 g/mol. The van der Waals surface area contributed by atoms with E-state index in [0.717, 1.165) is 0 Å². The van der Waals surface area contributed by atoms with E-state index in [1.807, 2.05) is 20.8 Å². The molecule has 1 aromatic carbocycles. The summed E-state index contributed by atoms with van der Waals surface area (Å²) < 4.78 is 27.7. The second kappa shape index (κ2) is 9.05. The van der Waals surface area contributed by atoms with Gasteiger partial charge in [0.15, 0.2) is 5.75 Å². The highest BCUT2D eigenvalue weighted by Crippen LogP contribution is 2.30. The Hall–Kier alpha value is -4.08. The van der Waals surface area contributed by atoms with Crippen LogP contribution >= 0.6 is 0 Å². The van der Waals surface area contributed by atoms with Gasteiger partial charge in [0.25, 0.3) is 0 Å². The maximum atomic E-state index is 14.9. The molecule has 34 heavy (non-hydrogen) atoms. The minimum absolute atomic E-state index is 0.00211. The molecule has 0 radical (unpaired) electrons. The van der Waals surface area contributed by atoms with Crippen molar-refractivity contribution in [2.75, 3.05) is 12.4 Å². The number of benzene rings is 1. The summed E-state index contributed by atoms with van der Waals surface area (Å²) in [7, 11) is 1.55. The minimum Gasteiger partial charge on any atom is -0.497 e. The van der Waals surface area contributed by atoms with E-state index in [1.165, 1.54) is 18.6 Å². The van der Waals surface area contributed by atoms with Crippen LogP contribution < -0.4 is 14.8 Å². The summed E-state index contributed by atoms with van der Waals surface area (Å²) in [4.78, 5) is 25.2. The first-order chi connectivity index (χ1) is 16.2. The lowest BCUT2D eigenvalue weighted by Gasteiger charge is -2.18. The number of aromatic nitrogens is 5. The molecule has 4 aromatic rings. The standard InChI is InChI=1S/C24H25FN6O3/c1-14(22(32)30-15-10-29-31(12-15)24(2,3)4)21-19(25)9-17(11-26-21)34-23-18-8-16(33-5)6-7-20(18)27-13-28-23/h6-14H,1-5H3,(H,30,32). The number of carbonyl (C=O) groups is 1. The summed E-state index contributed by atoms with van der Waals surface area (Å²) >= 11 is 0. The Bertz CT molecular complexity index is 1350. The van der Waals surface area contributed by atoms with Crippen LogP contribution in [-0.4, -0.2) is 37.7 Å². The smallest absolute Gasteiger partial charge is 0.233 e. The zero-order valence-corrected chi connectivity index (χ0v) is 19.5. The molecule has 1 unspecified atom stereocenters. The monoisotopic (exact) mass is 464 g/mol. The molecule has 0 saturated heterocycles. The highest BCUT2D eigenvalue weighted by atomic mass is 19.1. The number of hydrogen-bond donors (Lipinski definition) is 1. The van der Waals surface area contributed by atoms with E-state index in [0.29, 0.717) is 22.3 Å². The number of hydrogen-bond acceptors (Lipinski definition) is 7. The Labute approximate surface area is 196 Å². The lowest BCUT2D eigenvalue weighted by atomic mass is 10.1. The zero-order chi connectivity index (χ0) is 24.5. The summed E-state index contributed by atoms with van der Waals surface area (Å²) in [5, 5.41) is 7.61. The van der Waals surface area contributed by atoms with E-state index in [9.17, 15) is 9.18 Å². The van der Waals surface area contributed by atoms with Gasteiger partial charge in [-0.25, -0.2) is 14.4 Å². The van der Waals surface area contributed by atoms with Gasteiger partial charge in [-0.3, -0.25) is 14.5 Å². The van der Waals surface area contributed by atoms with Crippen molar-refractivity contribution in [1.29, 1.82) is 0 Å². The molecule has 0 aliphatic rings. The number of ether oxygens (including phenoxy) is 2. The number of carbonyl (C=O) groups excluding carboxylic acids is 1. The fraction of sp³-hybridized carbons (Fsp3) is 0.292. The number of pyridine rings is 1. The van der Waals surface area contributed by atoms with E-state index in [2.05, 4.69) is 25.4 Å². The third kappa shape index (κ3) is 4.80. The predicted molar refractivity (Wildman–Crippen MR) is 125 cm³/mol. The molecule has 3 heterocycles. The Kier molecular flexibility index (Phi) is 6.14. The number of nitrogens with zero attached hydrogens (tertiary/aromatic N) is 5. The molecule has 0 aliphatic heterocycles. The van der Waals surface area contributed by atoms with Crippen LogP contribution in [0.5, 0.6) is 17.4 Å². The van der Waals surface area contributed by atoms with E-state index in [4.69, 9.17) is 9.47 Å². The summed E-state index contributed by atoms with van der Waals surface area (Å²) in [5.41, 5.74) is 0.953. The number of nitrogens with one attached hydrogen (secondary N) is 1. The van der Waals surface area contributed by atoms with Gasteiger partial charge < -0.3 is 14.8 Å². The topological polar surface area (TPSA) is 104 Å². The van der Waals surface area contributed by atoms with Gasteiger partial charge in [0.05, 0.1) is 53.2 Å². The summed E-state index contributed by atoms with van der Waals surface area (Å²) in [6.07, 6.45) is 5.99. The van der Waals surface area contributed by atoms with Gasteiger partial charge in [-0.2, -0.15) is 5.10 Å². The summed E-state index contributed by atoms with van der Waals surface area (Å²) in [6.45, 7) is 7.58. The first kappa shape index (κ1) is 23.1. The quantitative estimate of drug-likeness (QED) is 0.443. The summed E-state index contributed by atoms with van der Waals surface area (Å²) in [6, 6.07) is 6.46. The van der Waals surface area contributed by atoms with Crippen molar-refractivity contribution in [1.82, 2.24) is 24.7 Å². The first-order valence-corrected chi connectivity index (χ1v) is 10.6. The van der Waals surface area contributed by atoms with Crippen LogP contribution in [0.4, 0.5) is 10.1 Å². The van der Waals surface area contributed by atoms with Crippen LogP contribution in [0.15, 0.2) is 49.2 Å². The van der Waals surface area contributed by atoms with Gasteiger partial charge in [0.2, 0.25) is 11.8 Å². The molecule has 3 aromatic heterocycles. The number of fused-ring (bicyclic) bond motifs is 1. The molecular weight excluding hydrogens is 439 g/mol. The van der Waals surface area contributed by atoms with E-state index >= 15 is 0 Å². The van der Waals surface area contributed by atoms with Gasteiger partial charge in [-0.1, -0.05) is 0 Å². The van der Waals surface area contributed by atoms with Crippen LogP contribution in [0.2, 0.25) is 0 Å². The van der Waals surface area contributed by atoms with Crippen molar-refractivity contribution < 1.29 is 18.7 Å². The third-order valence-corrected chi connectivity index (χ3v) is 5.21. The highest BCUT2D eigenvalue weighted by Gasteiger charge is 2.23. The fourth-order valence-electron chi connectivity index (χ4n) is 3.27. The number of amides is 1. The average Bonchev–Trinajstić information content (AvgIpc) is 3.28. The Morgan fingerprint density at radius 3 is 2.59 bits per heavy atom. The van der Waals surface area contributed by atoms with Crippen molar-refractivity contribution in [3.63, 3.8) is 0 Å². The van der Waals surface area contributed by atoms with Gasteiger partial charge in [-0.15, -0.1) is 0 Å². The lowest BCUT2D eigenvalue weighted by molar-refractivity contribution is -0.117. The van der Waals surface area contributed by atoms with E-state index in [1.54, 1.807) is 49.3 Å². The van der Waals surface area contributed by atoms with Crippen molar-refractivity contribution >= 4 is 22.5 Å². The molecule has 9 nitrogen and oxygen atoms in total. The first-order valence-electron chi connectivity index (χ1n) is 10.6. The van der Waals surface area contributed by atoms with E-state index < -0.39 is 17.6 Å². The maximum Gasteiger partial charge on any atom is 0.233 e. The van der Waals surface area contributed by atoms with Gasteiger partial charge in [-0.05, 0) is 45.9 Å². The van der Waals surface area contributed by atoms with Crippen molar-refractivity contribution in [2.45, 2.75) is 39.2 Å². The Morgan fingerprint density at radius 2 is 1.91 bits per heavy atom. The molecular formula is C24H25FN6O3. The molecule has 10 heteroatoms. The lowest BCUT2D eigenvalue weighted by Crippen LogP contribution is -2.22. The zero-order valence-electron chi connectivity index (χ0n) is 19.5. The number of rotatable bonds is 6. The van der Waals surface area contributed by atoms with E-state index in [-0.39, 0.29) is 22.9 Å². The van der Waals surface area contributed by atoms with Crippen LogP contribution in [0.25, 0.3) is 10.9 Å². The molecule has 0 spiro atoms. The van der Waals surface area contributed by atoms with Crippen molar-refractivity contribution in [2.24, 2.45) is 0 Å². The number of methoxy groups -OCH3 is 1. The van der Waals surface area contributed by atoms with Crippen LogP contribution in [-0.2, 0) is 10.3 Å². The fourth-order valence-corrected chi connectivity index (χ4v) is 3.27. The Morgan fingerprint density at radius 1 is 1.12 bits per heavy atom. The van der Waals surface area contributed by atoms with Crippen LogP contribution in [0.1, 0.15) is 39.3 Å². The van der Waals surface area contributed by atoms with Gasteiger partial charge >= 0.3 is 0 Å². The summed E-state index contributed by atoms with van der Waals surface area (Å²) in [5.74, 6) is -0.914. The number of anilines is 1. The minimum atomic E-state index is -0.837. The van der Waals surface area contributed by atoms with Crippen molar-refractivity contribution in [3.8, 4) is 17.4 Å². The van der Waals surface area contributed by atoms with Gasteiger partial charge in [0, 0.05) is 12.3 Å². The second-order valence-corrected chi connectivity index (χ2v) is 8.76. The maximum absolute atomic E-state index is 14.9. The molecule has 0 saturated carbocycles. The SMILES string of the molecule is COc1ccc2ncnc(Oc3cnc(C(C)C(=O)Nc4cnn(C(C)(C)C)c4)c(F)c3)c2c1. The molecule has 1 atom stereocenters. The number of halogens is 1. The van der Waals surface area contributed by atoms with Crippen LogP contribution in [0, 0.1) is 5.82 Å². The second-order valence-electron chi connectivity index (χ2n) is 8.76. The molecule has 176 valence electrons. The molecule has 0 fully saturated rings. The van der Waals surface area contributed by atoms with Crippen LogP contribution in [0.3, 0.4) is 0 Å². The largest absolute Gasteiger partial charge is 0.497 e. The Balaban J connectivity index is 1.51. The molecule has 1 amide bonds. The third-order valence-electron chi connectivity index (χ3n) is 5.21. The van der Waals surface area contributed by atoms with Crippen molar-refractivity contribution in [3.05, 3.63) is 60.7 Å². The highest BCUT2D eigenvalue weighted by molar-refractivity contribution is 5.95. The van der Waals surface area contributed by atoms with Gasteiger partial charge in [0.1, 0.15) is 17.9 Å².